The topological polar surface area (TPSA) is 103 Å². The zero-order valence-corrected chi connectivity index (χ0v) is 11.6. The van der Waals surface area contributed by atoms with E-state index in [9.17, 15) is 14.4 Å². The maximum atomic E-state index is 12.6. The Balaban J connectivity index is 2.61. The van der Waals surface area contributed by atoms with Crippen LogP contribution in [0.4, 0.5) is 0 Å². The van der Waals surface area contributed by atoms with Gasteiger partial charge in [0.25, 0.3) is 0 Å². The molecule has 0 atom stereocenters. The van der Waals surface area contributed by atoms with Gasteiger partial charge >= 0.3 is 0 Å². The zero-order chi connectivity index (χ0) is 15.1. The van der Waals surface area contributed by atoms with Crippen molar-refractivity contribution in [1.82, 2.24) is 0 Å². The van der Waals surface area contributed by atoms with E-state index in [1.54, 1.807) is 18.2 Å². The minimum Gasteiger partial charge on any atom is -0.366 e. The summed E-state index contributed by atoms with van der Waals surface area (Å²) in [6.07, 6.45) is 0. The molecule has 1 aromatic heterocycles. The highest BCUT2D eigenvalue weighted by Crippen LogP contribution is 2.28. The van der Waals surface area contributed by atoms with Crippen LogP contribution < -0.4 is 16.9 Å². The van der Waals surface area contributed by atoms with Crippen LogP contribution in [0.25, 0.3) is 20.2 Å². The minimum atomic E-state index is -0.839. The van der Waals surface area contributed by atoms with Crippen molar-refractivity contribution < 1.29 is 9.59 Å². The number of hydrogen-bond donors (Lipinski definition) is 2. The molecule has 0 saturated heterocycles. The fourth-order valence-electron chi connectivity index (χ4n) is 2.35. The Morgan fingerprint density at radius 2 is 1.62 bits per heavy atom. The Morgan fingerprint density at radius 3 is 2.29 bits per heavy atom. The molecule has 0 aliphatic heterocycles. The van der Waals surface area contributed by atoms with Gasteiger partial charge in [-0.2, -0.15) is 0 Å². The molecule has 1 heterocycles. The number of carbonyl (C=O) groups excluding carboxylic acids is 2. The van der Waals surface area contributed by atoms with Gasteiger partial charge in [0.05, 0.1) is 16.5 Å². The summed E-state index contributed by atoms with van der Waals surface area (Å²) < 4.78 is 1.40. The lowest BCUT2D eigenvalue weighted by Crippen LogP contribution is -2.23. The number of benzene rings is 2. The fourth-order valence-corrected chi connectivity index (χ4v) is 3.44. The summed E-state index contributed by atoms with van der Waals surface area (Å²) in [4.78, 5) is 35.8. The monoisotopic (exact) mass is 298 g/mol. The van der Waals surface area contributed by atoms with E-state index < -0.39 is 11.8 Å². The van der Waals surface area contributed by atoms with Crippen LogP contribution in [0.5, 0.6) is 0 Å². The summed E-state index contributed by atoms with van der Waals surface area (Å²) in [5.74, 6) is -1.63. The van der Waals surface area contributed by atoms with Gasteiger partial charge in [0.15, 0.2) is 5.43 Å². The second kappa shape index (κ2) is 4.68. The van der Waals surface area contributed by atoms with Crippen LogP contribution in [-0.2, 0) is 0 Å². The highest BCUT2D eigenvalue weighted by Gasteiger charge is 2.20. The number of fused-ring (bicyclic) bond motifs is 2. The Kier molecular flexibility index (Phi) is 2.95. The van der Waals surface area contributed by atoms with Gasteiger partial charge in [-0.1, -0.05) is 12.1 Å². The van der Waals surface area contributed by atoms with E-state index in [2.05, 4.69) is 0 Å². The van der Waals surface area contributed by atoms with Gasteiger partial charge in [-0.3, -0.25) is 14.4 Å². The first kappa shape index (κ1) is 13.3. The Labute approximate surface area is 122 Å². The van der Waals surface area contributed by atoms with Crippen molar-refractivity contribution in [2.24, 2.45) is 11.5 Å². The van der Waals surface area contributed by atoms with E-state index in [1.165, 1.54) is 17.4 Å². The normalized spacial score (nSPS) is 10.9. The van der Waals surface area contributed by atoms with Gasteiger partial charge in [0, 0.05) is 14.8 Å². The molecule has 3 rings (SSSR count). The third-order valence-corrected chi connectivity index (χ3v) is 4.39. The number of amides is 2. The van der Waals surface area contributed by atoms with Crippen LogP contribution in [0.1, 0.15) is 20.7 Å². The van der Waals surface area contributed by atoms with Gasteiger partial charge < -0.3 is 11.5 Å². The Hall–Kier alpha value is -2.73. The molecule has 2 amide bonds. The van der Waals surface area contributed by atoms with Crippen LogP contribution in [0.2, 0.25) is 0 Å². The smallest absolute Gasteiger partial charge is 0.250 e. The summed E-state index contributed by atoms with van der Waals surface area (Å²) >= 11 is 1.36. The predicted octanol–water partition coefficient (Wildman–Crippen LogP) is 1.61. The van der Waals surface area contributed by atoms with Crippen molar-refractivity contribution >= 4 is 43.3 Å². The molecule has 2 aromatic carbocycles. The van der Waals surface area contributed by atoms with Crippen molar-refractivity contribution in [3.8, 4) is 0 Å². The minimum absolute atomic E-state index is 0.0328. The van der Waals surface area contributed by atoms with Gasteiger partial charge in [-0.05, 0) is 24.3 Å². The van der Waals surface area contributed by atoms with Crippen LogP contribution in [0, 0.1) is 0 Å². The summed E-state index contributed by atoms with van der Waals surface area (Å²) in [5, 5.41) is 0.640. The molecule has 104 valence electrons. The molecule has 0 unspecified atom stereocenters. The van der Waals surface area contributed by atoms with Crippen molar-refractivity contribution in [2.75, 3.05) is 0 Å². The fraction of sp³-hybridized carbons (Fsp3) is 0. The number of carbonyl (C=O) groups is 2. The lowest BCUT2D eigenvalue weighted by atomic mass is 10.0. The molecule has 0 bridgehead atoms. The number of nitrogens with two attached hydrogens (primary N) is 2. The van der Waals surface area contributed by atoms with E-state index >= 15 is 0 Å². The van der Waals surface area contributed by atoms with E-state index in [1.807, 2.05) is 12.1 Å². The molecule has 3 aromatic rings. The molecular weight excluding hydrogens is 288 g/mol. The molecule has 21 heavy (non-hydrogen) atoms. The Bertz CT molecular complexity index is 976. The van der Waals surface area contributed by atoms with E-state index in [4.69, 9.17) is 11.5 Å². The predicted molar refractivity (Wildman–Crippen MR) is 82.6 cm³/mol. The molecule has 4 N–H and O–H groups in total. The molecule has 5 nitrogen and oxygen atoms in total. The molecule has 0 radical (unpaired) electrons. The van der Waals surface area contributed by atoms with Crippen LogP contribution >= 0.6 is 11.3 Å². The van der Waals surface area contributed by atoms with E-state index in [0.717, 1.165) is 4.70 Å². The van der Waals surface area contributed by atoms with Crippen LogP contribution in [0.3, 0.4) is 0 Å². The number of rotatable bonds is 2. The first-order valence-electron chi connectivity index (χ1n) is 6.09. The molecular formula is C15H10N2O3S. The first-order valence-corrected chi connectivity index (χ1v) is 6.90. The summed E-state index contributed by atoms with van der Waals surface area (Å²) in [7, 11) is 0. The SMILES string of the molecule is NC(=O)c1ccc2sc3ccccc3c(=O)c2c1C(N)=O. The van der Waals surface area contributed by atoms with Crippen molar-refractivity contribution in [3.63, 3.8) is 0 Å². The molecule has 0 fully saturated rings. The van der Waals surface area contributed by atoms with Crippen molar-refractivity contribution in [3.05, 3.63) is 57.7 Å². The third kappa shape index (κ3) is 1.96. The van der Waals surface area contributed by atoms with Crippen molar-refractivity contribution in [1.29, 1.82) is 0 Å². The van der Waals surface area contributed by atoms with Gasteiger partial charge in [0.1, 0.15) is 0 Å². The molecule has 0 saturated carbocycles. The maximum absolute atomic E-state index is 12.6. The van der Waals surface area contributed by atoms with Gasteiger partial charge in [0.2, 0.25) is 11.8 Å². The standard InChI is InChI=1S/C15H10N2O3S/c16-14(19)8-5-6-10-12(11(8)15(17)20)13(18)7-3-1-2-4-9(7)21-10/h1-6H,(H2,16,19)(H2,17,20). The molecule has 6 heteroatoms. The molecule has 0 aliphatic rings. The van der Waals surface area contributed by atoms with Gasteiger partial charge in [-0.25, -0.2) is 0 Å². The Morgan fingerprint density at radius 1 is 0.905 bits per heavy atom. The average Bonchev–Trinajstić information content (AvgIpc) is 2.46. The lowest BCUT2D eigenvalue weighted by Gasteiger charge is -2.08. The van der Waals surface area contributed by atoms with Crippen LogP contribution in [-0.4, -0.2) is 11.8 Å². The van der Waals surface area contributed by atoms with Gasteiger partial charge in [-0.15, -0.1) is 11.3 Å². The molecule has 0 aliphatic carbocycles. The second-order valence-electron chi connectivity index (χ2n) is 4.52. The quantitative estimate of drug-likeness (QED) is 0.702. The number of primary amides is 2. The second-order valence-corrected chi connectivity index (χ2v) is 5.60. The largest absolute Gasteiger partial charge is 0.366 e. The third-order valence-electron chi connectivity index (χ3n) is 3.26. The highest BCUT2D eigenvalue weighted by molar-refractivity contribution is 7.24. The summed E-state index contributed by atoms with van der Waals surface area (Å²) in [6, 6.07) is 10.1. The van der Waals surface area contributed by atoms with Crippen molar-refractivity contribution in [2.45, 2.75) is 0 Å². The highest BCUT2D eigenvalue weighted by atomic mass is 32.1. The first-order chi connectivity index (χ1) is 10.0. The van der Waals surface area contributed by atoms with E-state index in [-0.39, 0.29) is 21.9 Å². The average molecular weight is 298 g/mol. The maximum Gasteiger partial charge on any atom is 0.250 e. The summed E-state index contributed by atoms with van der Waals surface area (Å²) in [5.41, 5.74) is 10.2. The van der Waals surface area contributed by atoms with E-state index in [0.29, 0.717) is 10.1 Å². The lowest BCUT2D eigenvalue weighted by molar-refractivity contribution is 0.0968. The summed E-state index contributed by atoms with van der Waals surface area (Å²) in [6.45, 7) is 0. The molecule has 0 spiro atoms. The number of hydrogen-bond acceptors (Lipinski definition) is 4. The zero-order valence-electron chi connectivity index (χ0n) is 10.8. The van der Waals surface area contributed by atoms with Crippen LogP contribution in [0.15, 0.2) is 41.2 Å².